The van der Waals surface area contributed by atoms with Crippen molar-refractivity contribution in [3.8, 4) is 5.75 Å². The van der Waals surface area contributed by atoms with Crippen molar-refractivity contribution >= 4 is 11.9 Å². The minimum Gasteiger partial charge on any atom is -0.508 e. The summed E-state index contributed by atoms with van der Waals surface area (Å²) >= 11 is 0. The predicted molar refractivity (Wildman–Crippen MR) is 82.6 cm³/mol. The van der Waals surface area contributed by atoms with Gasteiger partial charge in [0.25, 0.3) is 5.91 Å². The maximum atomic E-state index is 12.7. The summed E-state index contributed by atoms with van der Waals surface area (Å²) in [6, 6.07) is 5.67. The van der Waals surface area contributed by atoms with Gasteiger partial charge in [-0.1, -0.05) is 12.1 Å². The van der Waals surface area contributed by atoms with Crippen LogP contribution < -0.4 is 10.6 Å². The molecule has 2 heterocycles. The second-order valence-corrected chi connectivity index (χ2v) is 5.59. The van der Waals surface area contributed by atoms with Crippen molar-refractivity contribution in [2.45, 2.75) is 12.5 Å². The molecular formula is C16H19N3O4. The number of nitrogens with zero attached hydrogens (tertiary/aromatic N) is 1. The molecule has 0 saturated heterocycles. The molecule has 0 aromatic heterocycles. The molecule has 0 radical (unpaired) electrons. The number of carbonyl (C=O) groups is 2. The number of nitrogens with one attached hydrogen (secondary N) is 2. The Kier molecular flexibility index (Phi) is 4.20. The Balaban J connectivity index is 1.84. The molecule has 0 aliphatic carbocycles. The van der Waals surface area contributed by atoms with Gasteiger partial charge in [0, 0.05) is 20.3 Å². The number of hydrogen-bond acceptors (Lipinski definition) is 4. The number of rotatable bonds is 5. The van der Waals surface area contributed by atoms with E-state index >= 15 is 0 Å². The Morgan fingerprint density at radius 2 is 2.04 bits per heavy atom. The lowest BCUT2D eigenvalue weighted by Gasteiger charge is -2.25. The number of ether oxygens (including phenoxy) is 1. The van der Waals surface area contributed by atoms with Crippen LogP contribution in [-0.4, -0.2) is 48.8 Å². The summed E-state index contributed by atoms with van der Waals surface area (Å²) in [4.78, 5) is 26.3. The normalized spacial score (nSPS) is 20.4. The van der Waals surface area contributed by atoms with Gasteiger partial charge < -0.3 is 25.4 Å². The Labute approximate surface area is 133 Å². The number of aromatic hydroxyl groups is 1. The van der Waals surface area contributed by atoms with Gasteiger partial charge >= 0.3 is 6.03 Å². The van der Waals surface area contributed by atoms with Crippen molar-refractivity contribution in [1.82, 2.24) is 15.5 Å². The topological polar surface area (TPSA) is 90.9 Å². The van der Waals surface area contributed by atoms with Crippen LogP contribution in [-0.2, 0) is 9.53 Å². The lowest BCUT2D eigenvalue weighted by molar-refractivity contribution is -0.125. The van der Waals surface area contributed by atoms with Gasteiger partial charge in [0.2, 0.25) is 0 Å². The van der Waals surface area contributed by atoms with E-state index in [0.717, 1.165) is 12.0 Å². The van der Waals surface area contributed by atoms with Gasteiger partial charge in [0.15, 0.2) is 0 Å². The zero-order valence-electron chi connectivity index (χ0n) is 12.8. The van der Waals surface area contributed by atoms with Crippen LogP contribution in [0.2, 0.25) is 0 Å². The Morgan fingerprint density at radius 1 is 1.30 bits per heavy atom. The third-order valence-electron chi connectivity index (χ3n) is 4.02. The molecule has 2 aliphatic rings. The molecular weight excluding hydrogens is 298 g/mol. The van der Waals surface area contributed by atoms with E-state index in [-0.39, 0.29) is 17.7 Å². The highest BCUT2D eigenvalue weighted by atomic mass is 16.5. The molecule has 2 aliphatic heterocycles. The molecule has 1 aromatic carbocycles. The first-order valence-electron chi connectivity index (χ1n) is 7.48. The Bertz CT molecular complexity index is 654. The van der Waals surface area contributed by atoms with Crippen LogP contribution in [0.1, 0.15) is 18.0 Å². The van der Waals surface area contributed by atoms with Crippen LogP contribution in [0.25, 0.3) is 0 Å². The monoisotopic (exact) mass is 317 g/mol. The number of amides is 3. The lowest BCUT2D eigenvalue weighted by atomic mass is 9.96. The zero-order valence-corrected chi connectivity index (χ0v) is 12.8. The van der Waals surface area contributed by atoms with E-state index in [0.29, 0.717) is 31.0 Å². The molecule has 7 heteroatoms. The molecule has 122 valence electrons. The van der Waals surface area contributed by atoms with Crippen molar-refractivity contribution in [2.24, 2.45) is 0 Å². The van der Waals surface area contributed by atoms with Crippen molar-refractivity contribution in [2.75, 3.05) is 26.8 Å². The van der Waals surface area contributed by atoms with Gasteiger partial charge in [0.05, 0.1) is 23.9 Å². The predicted octanol–water partition coefficient (Wildman–Crippen LogP) is 0.879. The van der Waals surface area contributed by atoms with E-state index in [1.165, 1.54) is 0 Å². The molecule has 0 saturated carbocycles. The third kappa shape index (κ3) is 3.00. The van der Waals surface area contributed by atoms with Crippen molar-refractivity contribution in [1.29, 1.82) is 0 Å². The number of phenolic OH excluding ortho intramolecular Hbond substituents is 1. The summed E-state index contributed by atoms with van der Waals surface area (Å²) in [7, 11) is 1.63. The van der Waals surface area contributed by atoms with Crippen LogP contribution >= 0.6 is 0 Å². The fourth-order valence-electron chi connectivity index (χ4n) is 2.93. The first-order valence-corrected chi connectivity index (χ1v) is 7.48. The van der Waals surface area contributed by atoms with Crippen LogP contribution in [0.3, 0.4) is 0 Å². The minimum absolute atomic E-state index is 0.0818. The molecule has 3 amide bonds. The van der Waals surface area contributed by atoms with Crippen molar-refractivity contribution < 1.29 is 19.4 Å². The Hall–Kier alpha value is -2.54. The first kappa shape index (κ1) is 15.4. The van der Waals surface area contributed by atoms with Gasteiger partial charge in [-0.05, 0) is 24.1 Å². The summed E-state index contributed by atoms with van der Waals surface area (Å²) < 4.78 is 5.02. The van der Waals surface area contributed by atoms with E-state index in [4.69, 9.17) is 4.74 Å². The quantitative estimate of drug-likeness (QED) is 0.703. The summed E-state index contributed by atoms with van der Waals surface area (Å²) in [6.45, 7) is 1.57. The first-order chi connectivity index (χ1) is 11.1. The number of benzene rings is 1. The second kappa shape index (κ2) is 6.29. The summed E-state index contributed by atoms with van der Waals surface area (Å²) in [5.74, 6) is 0.0591. The summed E-state index contributed by atoms with van der Waals surface area (Å²) in [6.07, 6.45) is 0.744. The molecule has 0 spiro atoms. The molecule has 23 heavy (non-hydrogen) atoms. The van der Waals surface area contributed by atoms with Crippen LogP contribution in [0.5, 0.6) is 5.75 Å². The summed E-state index contributed by atoms with van der Waals surface area (Å²) in [5, 5.41) is 14.9. The average Bonchev–Trinajstić information content (AvgIpc) is 2.84. The molecule has 0 unspecified atom stereocenters. The standard InChI is InChI=1S/C16H19N3O4/c1-23-8-2-7-19-9-12-13(15(19)21)14(18-16(22)17-12)10-3-5-11(20)6-4-10/h3-6,14,20H,2,7-9H2,1H3,(H2,17,18,22)/t14-/m1/s1. The Morgan fingerprint density at radius 3 is 2.74 bits per heavy atom. The van der Waals surface area contributed by atoms with Gasteiger partial charge in [-0.25, -0.2) is 4.79 Å². The van der Waals surface area contributed by atoms with Gasteiger partial charge in [-0.3, -0.25) is 4.79 Å². The molecule has 1 aromatic rings. The van der Waals surface area contributed by atoms with Crippen LogP contribution in [0.4, 0.5) is 4.79 Å². The smallest absolute Gasteiger partial charge is 0.319 e. The SMILES string of the molecule is COCCCN1CC2=C(C1=O)[C@@H](c1ccc(O)cc1)NC(=O)N2. The van der Waals surface area contributed by atoms with Crippen LogP contribution in [0.15, 0.2) is 35.5 Å². The number of hydrogen-bond donors (Lipinski definition) is 3. The average molecular weight is 317 g/mol. The number of urea groups is 1. The van der Waals surface area contributed by atoms with E-state index in [1.807, 2.05) is 0 Å². The molecule has 1 atom stereocenters. The second-order valence-electron chi connectivity index (χ2n) is 5.59. The highest BCUT2D eigenvalue weighted by Gasteiger charge is 2.39. The zero-order chi connectivity index (χ0) is 16.4. The molecule has 0 fully saturated rings. The van der Waals surface area contributed by atoms with Crippen molar-refractivity contribution in [3.05, 3.63) is 41.1 Å². The van der Waals surface area contributed by atoms with E-state index in [1.54, 1.807) is 36.3 Å². The molecule has 0 bridgehead atoms. The largest absolute Gasteiger partial charge is 0.508 e. The fraction of sp³-hybridized carbons (Fsp3) is 0.375. The maximum absolute atomic E-state index is 12.7. The van der Waals surface area contributed by atoms with E-state index < -0.39 is 6.04 Å². The molecule has 3 rings (SSSR count). The highest BCUT2D eigenvalue weighted by molar-refractivity contribution is 6.01. The molecule has 7 nitrogen and oxygen atoms in total. The minimum atomic E-state index is -0.501. The van der Waals surface area contributed by atoms with Gasteiger partial charge in [-0.2, -0.15) is 0 Å². The van der Waals surface area contributed by atoms with Gasteiger partial charge in [-0.15, -0.1) is 0 Å². The highest BCUT2D eigenvalue weighted by Crippen LogP contribution is 2.33. The number of phenols is 1. The maximum Gasteiger partial charge on any atom is 0.319 e. The lowest BCUT2D eigenvalue weighted by Crippen LogP contribution is -2.44. The van der Waals surface area contributed by atoms with Crippen LogP contribution in [0, 0.1) is 0 Å². The number of carbonyl (C=O) groups excluding carboxylic acids is 2. The van der Waals surface area contributed by atoms with Gasteiger partial charge in [0.1, 0.15) is 5.75 Å². The molecule has 3 N–H and O–H groups in total. The van der Waals surface area contributed by atoms with Crippen molar-refractivity contribution in [3.63, 3.8) is 0 Å². The number of methoxy groups -OCH3 is 1. The third-order valence-corrected chi connectivity index (χ3v) is 4.02. The van der Waals surface area contributed by atoms with E-state index in [2.05, 4.69) is 10.6 Å². The summed E-state index contributed by atoms with van der Waals surface area (Å²) in [5.41, 5.74) is 1.97. The van der Waals surface area contributed by atoms with E-state index in [9.17, 15) is 14.7 Å². The fourth-order valence-corrected chi connectivity index (χ4v) is 2.93.